The van der Waals surface area contributed by atoms with Crippen LogP contribution in [0.3, 0.4) is 0 Å². The molecule has 0 unspecified atom stereocenters. The van der Waals surface area contributed by atoms with Crippen molar-refractivity contribution in [2.75, 3.05) is 0 Å². The summed E-state index contributed by atoms with van der Waals surface area (Å²) in [5.74, 6) is -0.146. The van der Waals surface area contributed by atoms with Crippen LogP contribution in [0.5, 0.6) is 0 Å². The van der Waals surface area contributed by atoms with Gasteiger partial charge in [0.2, 0.25) is 0 Å². The second kappa shape index (κ2) is 4.45. The average Bonchev–Trinajstić information content (AvgIpc) is 3.12. The molecule has 0 spiro atoms. The van der Waals surface area contributed by atoms with Gasteiger partial charge in [0.05, 0.1) is 5.69 Å². The Morgan fingerprint density at radius 2 is 2.21 bits per heavy atom. The van der Waals surface area contributed by atoms with E-state index in [0.717, 1.165) is 34.4 Å². The van der Waals surface area contributed by atoms with E-state index in [-0.39, 0.29) is 5.82 Å². The summed E-state index contributed by atoms with van der Waals surface area (Å²) in [7, 11) is 0. The zero-order valence-corrected chi connectivity index (χ0v) is 11.9. The van der Waals surface area contributed by atoms with Crippen LogP contribution in [0.1, 0.15) is 40.8 Å². The normalized spacial score (nSPS) is 14.6. The van der Waals surface area contributed by atoms with E-state index in [1.54, 1.807) is 4.68 Å². The number of carbonyl (C=O) groups is 1. The molecule has 0 bridgehead atoms. The molecule has 6 heteroatoms. The van der Waals surface area contributed by atoms with E-state index in [4.69, 9.17) is 5.11 Å². The fourth-order valence-electron chi connectivity index (χ4n) is 2.02. The van der Waals surface area contributed by atoms with Crippen molar-refractivity contribution in [1.29, 1.82) is 0 Å². The van der Waals surface area contributed by atoms with Crippen molar-refractivity contribution in [2.24, 2.45) is 0 Å². The fourth-order valence-corrected chi connectivity index (χ4v) is 2.38. The van der Waals surface area contributed by atoms with Gasteiger partial charge in [-0.15, -0.1) is 5.10 Å². The lowest BCUT2D eigenvalue weighted by Gasteiger charge is -2.09. The summed E-state index contributed by atoms with van der Waals surface area (Å²) in [6, 6.07) is 5.78. The van der Waals surface area contributed by atoms with Gasteiger partial charge >= 0.3 is 5.97 Å². The highest BCUT2D eigenvalue weighted by atomic mass is 79.9. The smallest absolute Gasteiger partial charge is 0.375 e. The second-order valence-corrected chi connectivity index (χ2v) is 5.52. The molecule has 1 saturated carbocycles. The standard InChI is InChI=1S/C13H12BrN3O2/c1-7-9(14)3-2-4-10(7)17-12(8-5-6-8)15-11(16-17)13(18)19/h2-4,8H,5-6H2,1H3,(H,18,19). The number of hydrogen-bond acceptors (Lipinski definition) is 3. The molecule has 98 valence electrons. The van der Waals surface area contributed by atoms with Crippen molar-refractivity contribution in [3.05, 3.63) is 39.9 Å². The second-order valence-electron chi connectivity index (χ2n) is 4.67. The summed E-state index contributed by atoms with van der Waals surface area (Å²) >= 11 is 3.48. The predicted molar refractivity (Wildman–Crippen MR) is 72.7 cm³/mol. The molecule has 2 aromatic rings. The average molecular weight is 322 g/mol. The topological polar surface area (TPSA) is 68.0 Å². The van der Waals surface area contributed by atoms with Crippen LogP contribution in [0.4, 0.5) is 0 Å². The van der Waals surface area contributed by atoms with Crippen LogP contribution < -0.4 is 0 Å². The molecular weight excluding hydrogens is 310 g/mol. The summed E-state index contributed by atoms with van der Waals surface area (Å²) < 4.78 is 2.64. The predicted octanol–water partition coefficient (Wildman–Crippen LogP) is 2.91. The first-order valence-electron chi connectivity index (χ1n) is 6.03. The van der Waals surface area contributed by atoms with Crippen molar-refractivity contribution >= 4 is 21.9 Å². The van der Waals surface area contributed by atoms with Crippen LogP contribution in [-0.2, 0) is 0 Å². The lowest BCUT2D eigenvalue weighted by atomic mass is 10.2. The molecule has 1 fully saturated rings. The number of halogens is 1. The lowest BCUT2D eigenvalue weighted by Crippen LogP contribution is -2.05. The highest BCUT2D eigenvalue weighted by Crippen LogP contribution is 2.40. The van der Waals surface area contributed by atoms with Gasteiger partial charge < -0.3 is 5.11 Å². The molecule has 3 rings (SSSR count). The third kappa shape index (κ3) is 2.16. The maximum absolute atomic E-state index is 11.0. The van der Waals surface area contributed by atoms with E-state index in [0.29, 0.717) is 5.92 Å². The number of benzene rings is 1. The van der Waals surface area contributed by atoms with Gasteiger partial charge in [-0.1, -0.05) is 22.0 Å². The van der Waals surface area contributed by atoms with E-state index in [1.165, 1.54) is 0 Å². The molecule has 1 aliphatic carbocycles. The van der Waals surface area contributed by atoms with Crippen LogP contribution in [0.15, 0.2) is 22.7 Å². The van der Waals surface area contributed by atoms with Crippen LogP contribution in [-0.4, -0.2) is 25.8 Å². The Morgan fingerprint density at radius 3 is 2.84 bits per heavy atom. The number of nitrogens with zero attached hydrogens (tertiary/aromatic N) is 3. The molecule has 0 aliphatic heterocycles. The zero-order valence-electron chi connectivity index (χ0n) is 10.3. The van der Waals surface area contributed by atoms with Gasteiger partial charge in [0.25, 0.3) is 5.82 Å². The van der Waals surface area contributed by atoms with Crippen LogP contribution in [0.25, 0.3) is 5.69 Å². The van der Waals surface area contributed by atoms with Gasteiger partial charge in [-0.2, -0.15) is 0 Å². The Bertz CT molecular complexity index is 662. The summed E-state index contributed by atoms with van der Waals surface area (Å²) in [4.78, 5) is 15.2. The molecule has 19 heavy (non-hydrogen) atoms. The van der Waals surface area contributed by atoms with Gasteiger partial charge in [-0.05, 0) is 37.5 Å². The van der Waals surface area contributed by atoms with E-state index in [9.17, 15) is 4.79 Å². The molecule has 1 aliphatic rings. The maximum atomic E-state index is 11.0. The molecule has 0 radical (unpaired) electrons. The third-order valence-electron chi connectivity index (χ3n) is 3.23. The van der Waals surface area contributed by atoms with Crippen LogP contribution >= 0.6 is 15.9 Å². The summed E-state index contributed by atoms with van der Waals surface area (Å²) in [6.07, 6.45) is 2.09. The Hall–Kier alpha value is -1.69. The minimum absolute atomic E-state index is 0.138. The molecule has 1 heterocycles. The highest BCUT2D eigenvalue weighted by molar-refractivity contribution is 9.10. The molecule has 5 nitrogen and oxygen atoms in total. The van der Waals surface area contributed by atoms with Crippen molar-refractivity contribution in [2.45, 2.75) is 25.7 Å². The largest absolute Gasteiger partial charge is 0.475 e. The van der Waals surface area contributed by atoms with Crippen molar-refractivity contribution in [1.82, 2.24) is 14.8 Å². The quantitative estimate of drug-likeness (QED) is 0.943. The van der Waals surface area contributed by atoms with Gasteiger partial charge in [-0.3, -0.25) is 0 Å². The minimum Gasteiger partial charge on any atom is -0.475 e. The summed E-state index contributed by atoms with van der Waals surface area (Å²) in [6.45, 7) is 1.97. The summed E-state index contributed by atoms with van der Waals surface area (Å²) in [5.41, 5.74) is 1.89. The molecule has 0 amide bonds. The van der Waals surface area contributed by atoms with Crippen molar-refractivity contribution in [3.63, 3.8) is 0 Å². The summed E-state index contributed by atoms with van der Waals surface area (Å²) in [5, 5.41) is 13.2. The third-order valence-corrected chi connectivity index (χ3v) is 4.09. The number of aromatic carboxylic acids is 1. The molecule has 1 N–H and O–H groups in total. The SMILES string of the molecule is Cc1c(Br)cccc1-n1nc(C(=O)O)nc1C1CC1. The van der Waals surface area contributed by atoms with E-state index < -0.39 is 5.97 Å². The number of hydrogen-bond donors (Lipinski definition) is 1. The van der Waals surface area contributed by atoms with E-state index in [2.05, 4.69) is 26.0 Å². The van der Waals surface area contributed by atoms with Crippen LogP contribution in [0, 0.1) is 6.92 Å². The van der Waals surface area contributed by atoms with E-state index >= 15 is 0 Å². The first-order valence-corrected chi connectivity index (χ1v) is 6.83. The van der Waals surface area contributed by atoms with Crippen molar-refractivity contribution in [3.8, 4) is 5.69 Å². The highest BCUT2D eigenvalue weighted by Gasteiger charge is 2.31. The number of aromatic nitrogens is 3. The first kappa shape index (κ1) is 12.3. The minimum atomic E-state index is -1.09. The molecule has 1 aromatic carbocycles. The van der Waals surface area contributed by atoms with Crippen LogP contribution in [0.2, 0.25) is 0 Å². The van der Waals surface area contributed by atoms with Gasteiger partial charge in [0, 0.05) is 10.4 Å². The Labute approximate surface area is 118 Å². The van der Waals surface area contributed by atoms with Gasteiger partial charge in [0.15, 0.2) is 0 Å². The van der Waals surface area contributed by atoms with Gasteiger partial charge in [-0.25, -0.2) is 14.5 Å². The number of rotatable bonds is 3. The van der Waals surface area contributed by atoms with Crippen molar-refractivity contribution < 1.29 is 9.90 Å². The Kier molecular flexibility index (Phi) is 2.89. The molecule has 0 atom stereocenters. The van der Waals surface area contributed by atoms with E-state index in [1.807, 2.05) is 25.1 Å². The lowest BCUT2D eigenvalue weighted by molar-refractivity contribution is 0.0683. The first-order chi connectivity index (χ1) is 9.08. The maximum Gasteiger partial charge on any atom is 0.375 e. The van der Waals surface area contributed by atoms with Gasteiger partial charge in [0.1, 0.15) is 5.82 Å². The molecule has 0 saturated heterocycles. The molecular formula is C13H12BrN3O2. The Balaban J connectivity index is 2.18. The fraction of sp³-hybridized carbons (Fsp3) is 0.308. The number of carboxylic acids is 1. The zero-order chi connectivity index (χ0) is 13.6. The Morgan fingerprint density at radius 1 is 1.47 bits per heavy atom. The molecule has 1 aromatic heterocycles. The number of carboxylic acid groups (broad SMARTS) is 1. The monoisotopic (exact) mass is 321 g/mol.